The number of phenolic OH excluding ortho intramolecular Hbond substituents is 2. The predicted octanol–water partition coefficient (Wildman–Crippen LogP) is 3.13. The van der Waals surface area contributed by atoms with Crippen LogP contribution in [0.2, 0.25) is 0 Å². The molecule has 0 radical (unpaired) electrons. The zero-order chi connectivity index (χ0) is 24.7. The van der Waals surface area contributed by atoms with Gasteiger partial charge in [-0.15, -0.1) is 0 Å². The lowest BCUT2D eigenvalue weighted by molar-refractivity contribution is -0.137. The van der Waals surface area contributed by atoms with E-state index in [-0.39, 0.29) is 41.3 Å². The van der Waals surface area contributed by atoms with Gasteiger partial charge in [0.2, 0.25) is 0 Å². The maximum absolute atomic E-state index is 13.3. The van der Waals surface area contributed by atoms with E-state index in [1.807, 2.05) is 0 Å². The summed E-state index contributed by atoms with van der Waals surface area (Å²) in [5.41, 5.74) is 2.95. The fourth-order valence-electron chi connectivity index (χ4n) is 4.29. The first-order valence-electron chi connectivity index (χ1n) is 10.8. The number of carbonyl (C=O) groups is 1. The standard InChI is InChI=1S/C23H21F3N6O3/c24-23(25,26)15-3-1-13(2-4-15)10-32-20(5-6-28-32)29-17-7-16(33)8-19(34)21(17)22(35)31-11-14-9-27-30-18(14)12-31/h1-9,14,18,29-30,33-34H,10-12H2. The summed E-state index contributed by atoms with van der Waals surface area (Å²) in [4.78, 5) is 14.9. The Morgan fingerprint density at radius 2 is 1.91 bits per heavy atom. The van der Waals surface area contributed by atoms with Gasteiger partial charge in [-0.05, 0) is 17.7 Å². The van der Waals surface area contributed by atoms with Crippen LogP contribution in [0.1, 0.15) is 21.5 Å². The van der Waals surface area contributed by atoms with Gasteiger partial charge in [-0.3, -0.25) is 4.79 Å². The second kappa shape index (κ2) is 8.53. The summed E-state index contributed by atoms with van der Waals surface area (Å²) < 4.78 is 40.0. The number of rotatable bonds is 5. The van der Waals surface area contributed by atoms with Gasteiger partial charge in [-0.25, -0.2) is 4.68 Å². The Morgan fingerprint density at radius 1 is 1.14 bits per heavy atom. The fraction of sp³-hybridized carbons (Fsp3) is 0.261. The molecule has 2 aliphatic rings. The summed E-state index contributed by atoms with van der Waals surface area (Å²) in [6.45, 7) is 1.00. The normalized spacial score (nSPS) is 19.0. The number of hydrazone groups is 1. The highest BCUT2D eigenvalue weighted by Gasteiger charge is 2.38. The number of nitrogens with zero attached hydrogens (tertiary/aromatic N) is 4. The van der Waals surface area contributed by atoms with Crippen LogP contribution in [0, 0.1) is 5.92 Å². The van der Waals surface area contributed by atoms with E-state index in [1.165, 1.54) is 29.1 Å². The van der Waals surface area contributed by atoms with E-state index in [9.17, 15) is 28.2 Å². The third-order valence-electron chi connectivity index (χ3n) is 6.07. The van der Waals surface area contributed by atoms with Gasteiger partial charge in [0, 0.05) is 43.4 Å². The molecule has 0 spiro atoms. The Kier molecular flexibility index (Phi) is 5.50. The van der Waals surface area contributed by atoms with E-state index in [0.29, 0.717) is 24.5 Å². The van der Waals surface area contributed by atoms with E-state index >= 15 is 0 Å². The van der Waals surface area contributed by atoms with Crippen LogP contribution in [0.15, 0.2) is 53.8 Å². The molecule has 182 valence electrons. The molecule has 2 aliphatic heterocycles. The number of alkyl halides is 3. The molecule has 3 heterocycles. The van der Waals surface area contributed by atoms with Gasteiger partial charge >= 0.3 is 6.18 Å². The summed E-state index contributed by atoms with van der Waals surface area (Å²) in [6.07, 6.45) is -1.18. The Balaban J connectivity index is 1.39. The Hall–Kier alpha value is -4.22. The zero-order valence-electron chi connectivity index (χ0n) is 18.2. The Bertz CT molecular complexity index is 1290. The highest BCUT2D eigenvalue weighted by Crippen LogP contribution is 2.35. The minimum atomic E-state index is -4.42. The molecule has 1 aromatic heterocycles. The van der Waals surface area contributed by atoms with Gasteiger partial charge in [0.25, 0.3) is 5.91 Å². The lowest BCUT2D eigenvalue weighted by Gasteiger charge is -2.20. The first kappa shape index (κ1) is 22.6. The number of anilines is 2. The average molecular weight is 486 g/mol. The molecule has 4 N–H and O–H groups in total. The van der Waals surface area contributed by atoms with Crippen molar-refractivity contribution in [2.45, 2.75) is 18.8 Å². The van der Waals surface area contributed by atoms with Crippen LogP contribution in [0.25, 0.3) is 0 Å². The van der Waals surface area contributed by atoms with Crippen molar-refractivity contribution in [3.05, 3.63) is 65.4 Å². The number of phenols is 2. The van der Waals surface area contributed by atoms with Gasteiger partial charge in [0.05, 0.1) is 30.0 Å². The zero-order valence-corrected chi connectivity index (χ0v) is 18.2. The largest absolute Gasteiger partial charge is 0.508 e. The van der Waals surface area contributed by atoms with E-state index in [2.05, 4.69) is 20.9 Å². The van der Waals surface area contributed by atoms with Crippen LogP contribution in [-0.2, 0) is 12.7 Å². The molecule has 0 bridgehead atoms. The summed E-state index contributed by atoms with van der Waals surface area (Å²) in [5.74, 6) is -0.549. The second-order valence-electron chi connectivity index (χ2n) is 8.47. The number of amides is 1. The van der Waals surface area contributed by atoms with E-state index in [4.69, 9.17) is 0 Å². The van der Waals surface area contributed by atoms with Gasteiger partial charge in [-0.1, -0.05) is 12.1 Å². The van der Waals surface area contributed by atoms with Crippen LogP contribution in [-0.4, -0.2) is 56.1 Å². The second-order valence-corrected chi connectivity index (χ2v) is 8.47. The lowest BCUT2D eigenvalue weighted by Crippen LogP contribution is -2.33. The van der Waals surface area contributed by atoms with Crippen molar-refractivity contribution in [2.75, 3.05) is 18.4 Å². The SMILES string of the molecule is O=C(c1c(O)cc(O)cc1Nc1ccnn1Cc1ccc(C(F)(F)F)cc1)N1CC2C=NNC2C1. The lowest BCUT2D eigenvalue weighted by atomic mass is 10.1. The topological polar surface area (TPSA) is 115 Å². The quantitative estimate of drug-likeness (QED) is 0.441. The van der Waals surface area contributed by atoms with E-state index in [0.717, 1.165) is 18.2 Å². The molecular weight excluding hydrogens is 465 g/mol. The van der Waals surface area contributed by atoms with E-state index < -0.39 is 17.6 Å². The predicted molar refractivity (Wildman–Crippen MR) is 121 cm³/mol. The van der Waals surface area contributed by atoms with E-state index in [1.54, 1.807) is 17.2 Å². The monoisotopic (exact) mass is 486 g/mol. The van der Waals surface area contributed by atoms with Gasteiger partial charge < -0.3 is 25.9 Å². The van der Waals surface area contributed by atoms with Gasteiger partial charge in [0.15, 0.2) is 0 Å². The third-order valence-corrected chi connectivity index (χ3v) is 6.07. The molecular formula is C23H21F3N6O3. The molecule has 12 heteroatoms. The fourth-order valence-corrected chi connectivity index (χ4v) is 4.29. The molecule has 5 rings (SSSR count). The first-order chi connectivity index (χ1) is 16.7. The van der Waals surface area contributed by atoms with Crippen LogP contribution < -0.4 is 10.7 Å². The van der Waals surface area contributed by atoms with Crippen molar-refractivity contribution >= 4 is 23.6 Å². The molecule has 0 aliphatic carbocycles. The smallest absolute Gasteiger partial charge is 0.416 e. The molecule has 9 nitrogen and oxygen atoms in total. The maximum atomic E-state index is 13.3. The number of halogens is 3. The summed E-state index contributed by atoms with van der Waals surface area (Å²) >= 11 is 0. The average Bonchev–Trinajstić information content (AvgIpc) is 3.50. The number of hydrogen-bond acceptors (Lipinski definition) is 7. The van der Waals surface area contributed by atoms with Crippen molar-refractivity contribution in [3.63, 3.8) is 0 Å². The molecule has 2 aromatic carbocycles. The first-order valence-corrected chi connectivity index (χ1v) is 10.8. The minimum absolute atomic E-state index is 0.0120. The number of aromatic nitrogens is 2. The van der Waals surface area contributed by atoms with Crippen molar-refractivity contribution in [3.8, 4) is 11.5 Å². The number of aromatic hydroxyl groups is 2. The Labute approximate surface area is 197 Å². The Morgan fingerprint density at radius 3 is 2.63 bits per heavy atom. The molecule has 1 amide bonds. The molecule has 2 unspecified atom stereocenters. The summed E-state index contributed by atoms with van der Waals surface area (Å²) in [7, 11) is 0. The molecule has 1 saturated heterocycles. The molecule has 35 heavy (non-hydrogen) atoms. The van der Waals surface area contributed by atoms with Crippen molar-refractivity contribution < 1.29 is 28.2 Å². The molecule has 2 atom stereocenters. The summed E-state index contributed by atoms with van der Waals surface area (Å²) in [6, 6.07) is 8.77. The number of likely N-dealkylation sites (tertiary alicyclic amines) is 1. The van der Waals surface area contributed by atoms with Crippen molar-refractivity contribution in [1.29, 1.82) is 0 Å². The van der Waals surface area contributed by atoms with Crippen LogP contribution in [0.3, 0.4) is 0 Å². The molecule has 0 saturated carbocycles. The minimum Gasteiger partial charge on any atom is -0.508 e. The number of benzene rings is 2. The molecule has 1 fully saturated rings. The number of carbonyl (C=O) groups excluding carboxylic acids is 1. The summed E-state index contributed by atoms with van der Waals surface area (Å²) in [5, 5.41) is 31.8. The highest BCUT2D eigenvalue weighted by atomic mass is 19.4. The van der Waals surface area contributed by atoms with Crippen LogP contribution in [0.4, 0.5) is 24.7 Å². The van der Waals surface area contributed by atoms with Crippen LogP contribution in [0.5, 0.6) is 11.5 Å². The van der Waals surface area contributed by atoms with Crippen LogP contribution >= 0.6 is 0 Å². The van der Waals surface area contributed by atoms with Gasteiger partial charge in [0.1, 0.15) is 22.9 Å². The maximum Gasteiger partial charge on any atom is 0.416 e. The number of nitrogens with one attached hydrogen (secondary N) is 2. The van der Waals surface area contributed by atoms with Crippen molar-refractivity contribution in [1.82, 2.24) is 20.1 Å². The van der Waals surface area contributed by atoms with Crippen molar-refractivity contribution in [2.24, 2.45) is 11.0 Å². The third kappa shape index (κ3) is 4.46. The number of fused-ring (bicyclic) bond motifs is 1. The highest BCUT2D eigenvalue weighted by molar-refractivity contribution is 6.03. The number of hydrogen-bond donors (Lipinski definition) is 4. The van der Waals surface area contributed by atoms with Gasteiger partial charge in [-0.2, -0.15) is 23.4 Å². The molecule has 3 aromatic rings.